The highest BCUT2D eigenvalue weighted by Gasteiger charge is 2.72. The lowest BCUT2D eigenvalue weighted by Crippen LogP contribution is -2.52. The monoisotopic (exact) mass is 447 g/mol. The van der Waals surface area contributed by atoms with Gasteiger partial charge in [-0.1, -0.05) is 48.5 Å². The van der Waals surface area contributed by atoms with Gasteiger partial charge in [-0.3, -0.25) is 19.2 Å². The zero-order chi connectivity index (χ0) is 23.3. The van der Waals surface area contributed by atoms with E-state index in [0.717, 1.165) is 29.9 Å². The van der Waals surface area contributed by atoms with Crippen molar-refractivity contribution >= 4 is 29.4 Å². The Labute approximate surface area is 189 Å². The van der Waals surface area contributed by atoms with Crippen LogP contribution in [-0.4, -0.2) is 41.7 Å². The highest BCUT2D eigenvalue weighted by molar-refractivity contribution is 6.23. The second-order valence-electron chi connectivity index (χ2n) is 8.27. The van der Waals surface area contributed by atoms with Crippen molar-refractivity contribution < 1.29 is 33.4 Å². The van der Waals surface area contributed by atoms with Gasteiger partial charge in [-0.15, -0.1) is 0 Å². The zero-order valence-electron chi connectivity index (χ0n) is 18.0. The minimum Gasteiger partial charge on any atom is -0.422 e. The van der Waals surface area contributed by atoms with Crippen LogP contribution in [0.3, 0.4) is 0 Å². The van der Waals surface area contributed by atoms with E-state index in [1.807, 2.05) is 42.5 Å². The maximum atomic E-state index is 13.5. The summed E-state index contributed by atoms with van der Waals surface area (Å²) in [6, 6.07) is 16.9. The molecule has 0 spiro atoms. The summed E-state index contributed by atoms with van der Waals surface area (Å²) in [6.45, 7) is 2.33. The van der Waals surface area contributed by atoms with Crippen LogP contribution < -0.4 is 4.90 Å². The molecular weight excluding hydrogens is 426 g/mol. The molecule has 5 rings (SSSR count). The average Bonchev–Trinajstić information content (AvgIpc) is 3.44. The average molecular weight is 447 g/mol. The molecule has 2 saturated heterocycles. The molecule has 3 aliphatic heterocycles. The Balaban J connectivity index is 1.48. The predicted molar refractivity (Wildman–Crippen MR) is 115 cm³/mol. The maximum absolute atomic E-state index is 13.5. The number of hydrogen-bond acceptors (Lipinski definition) is 7. The number of rotatable bonds is 5. The quantitative estimate of drug-likeness (QED) is 0.301. The Hall–Kier alpha value is -3.78. The van der Waals surface area contributed by atoms with Crippen LogP contribution in [0.25, 0.3) is 11.1 Å². The smallest absolute Gasteiger partial charge is 0.305 e. The van der Waals surface area contributed by atoms with Gasteiger partial charge in [0.1, 0.15) is 0 Å². The van der Waals surface area contributed by atoms with Crippen LogP contribution in [-0.2, 0) is 33.4 Å². The Bertz CT molecular complexity index is 1160. The van der Waals surface area contributed by atoms with Gasteiger partial charge in [0, 0.05) is 13.8 Å². The van der Waals surface area contributed by atoms with Crippen LogP contribution in [0.2, 0.25) is 0 Å². The summed E-state index contributed by atoms with van der Waals surface area (Å²) in [4.78, 5) is 51.4. The molecule has 0 radical (unpaired) electrons. The minimum absolute atomic E-state index is 0.405. The van der Waals surface area contributed by atoms with Gasteiger partial charge < -0.3 is 14.2 Å². The van der Waals surface area contributed by atoms with E-state index in [2.05, 4.69) is 0 Å². The number of ether oxygens (including phenoxy) is 3. The van der Waals surface area contributed by atoms with Crippen molar-refractivity contribution in [1.82, 2.24) is 0 Å². The fraction of sp³-hybridized carbons (Fsp3) is 0.280. The number of anilines is 1. The number of esters is 2. The van der Waals surface area contributed by atoms with Crippen LogP contribution in [0.4, 0.5) is 5.69 Å². The molecule has 3 aliphatic rings. The number of carbonyl (C=O) groups excluding carboxylic acids is 4. The van der Waals surface area contributed by atoms with Crippen molar-refractivity contribution in [2.45, 2.75) is 31.8 Å². The summed E-state index contributed by atoms with van der Waals surface area (Å²) >= 11 is 0. The first-order valence-electron chi connectivity index (χ1n) is 10.6. The molecule has 0 aromatic heterocycles. The van der Waals surface area contributed by atoms with Gasteiger partial charge in [0.15, 0.2) is 5.60 Å². The standard InChI is InChI=1S/C25H21NO7/c1-14(27)31-24(32-15(2)28)25-13-12-19(33-25)20-21(25)23(30)26(22(20)29)18-10-8-17(9-11-18)16-6-4-3-5-7-16/h3-13,19-21,24H,1-2H3/t19-,20-,21+,25+/m1/s1. The number of amides is 2. The molecule has 4 atom stereocenters. The van der Waals surface area contributed by atoms with Gasteiger partial charge in [0.25, 0.3) is 6.29 Å². The van der Waals surface area contributed by atoms with Gasteiger partial charge in [0.05, 0.1) is 23.6 Å². The maximum Gasteiger partial charge on any atom is 0.305 e. The topological polar surface area (TPSA) is 99.2 Å². The van der Waals surface area contributed by atoms with Gasteiger partial charge in [-0.05, 0) is 29.3 Å². The summed E-state index contributed by atoms with van der Waals surface area (Å²) < 4.78 is 16.4. The molecule has 8 nitrogen and oxygen atoms in total. The molecule has 3 heterocycles. The molecular formula is C25H21NO7. The fourth-order valence-corrected chi connectivity index (χ4v) is 4.90. The summed E-state index contributed by atoms with van der Waals surface area (Å²) in [5.74, 6) is -4.09. The van der Waals surface area contributed by atoms with Crippen LogP contribution in [0, 0.1) is 11.8 Å². The number of carbonyl (C=O) groups is 4. The van der Waals surface area contributed by atoms with Crippen LogP contribution >= 0.6 is 0 Å². The molecule has 2 amide bonds. The Morgan fingerprint density at radius 2 is 1.52 bits per heavy atom. The number of fused-ring (bicyclic) bond motifs is 5. The SMILES string of the molecule is CC(=O)OC(OC(C)=O)[C@@]12C=C[C@@H](O1)[C@H]1C(=O)N(c3ccc(-c4ccccc4)cc3)C(=O)[C@H]12. The normalized spacial score (nSPS) is 27.2. The number of benzene rings is 2. The van der Waals surface area contributed by atoms with Crippen molar-refractivity contribution in [3.8, 4) is 11.1 Å². The molecule has 8 heteroatoms. The molecule has 0 N–H and O–H groups in total. The third-order valence-electron chi connectivity index (χ3n) is 6.22. The van der Waals surface area contributed by atoms with Crippen molar-refractivity contribution in [1.29, 1.82) is 0 Å². The van der Waals surface area contributed by atoms with Crippen molar-refractivity contribution in [2.75, 3.05) is 4.90 Å². The zero-order valence-corrected chi connectivity index (χ0v) is 18.0. The summed E-state index contributed by atoms with van der Waals surface area (Å²) in [6.07, 6.45) is 1.03. The van der Waals surface area contributed by atoms with Gasteiger partial charge >= 0.3 is 11.9 Å². The fourth-order valence-electron chi connectivity index (χ4n) is 4.90. The minimum atomic E-state index is -1.56. The highest BCUT2D eigenvalue weighted by Crippen LogP contribution is 2.54. The van der Waals surface area contributed by atoms with E-state index in [1.165, 1.54) is 0 Å². The van der Waals surface area contributed by atoms with E-state index >= 15 is 0 Å². The number of nitrogens with zero attached hydrogens (tertiary/aromatic N) is 1. The largest absolute Gasteiger partial charge is 0.422 e. The third-order valence-corrected chi connectivity index (χ3v) is 6.22. The molecule has 0 saturated carbocycles. The van der Waals surface area contributed by atoms with E-state index in [4.69, 9.17) is 14.2 Å². The third kappa shape index (κ3) is 3.25. The van der Waals surface area contributed by atoms with Gasteiger partial charge in [-0.2, -0.15) is 0 Å². The van der Waals surface area contributed by atoms with Crippen molar-refractivity contribution in [3.05, 3.63) is 66.7 Å². The number of hydrogen-bond donors (Lipinski definition) is 0. The molecule has 2 aromatic rings. The summed E-state index contributed by atoms with van der Waals surface area (Å²) in [5.41, 5.74) is 0.841. The predicted octanol–water partition coefficient (Wildman–Crippen LogP) is 2.62. The first kappa shape index (κ1) is 21.1. The van der Waals surface area contributed by atoms with Crippen molar-refractivity contribution in [2.24, 2.45) is 11.8 Å². The van der Waals surface area contributed by atoms with E-state index < -0.39 is 53.6 Å². The Kier molecular flexibility index (Phi) is 4.90. The molecule has 0 unspecified atom stereocenters. The molecule has 2 fully saturated rings. The van der Waals surface area contributed by atoms with E-state index in [-0.39, 0.29) is 0 Å². The summed E-state index contributed by atoms with van der Waals surface area (Å²) in [7, 11) is 0. The molecule has 168 valence electrons. The number of imide groups is 1. The lowest BCUT2D eigenvalue weighted by Gasteiger charge is -2.34. The molecule has 0 aliphatic carbocycles. The Morgan fingerprint density at radius 3 is 2.12 bits per heavy atom. The highest BCUT2D eigenvalue weighted by atomic mass is 16.7. The van der Waals surface area contributed by atoms with E-state index in [1.54, 1.807) is 24.3 Å². The summed E-state index contributed by atoms with van der Waals surface area (Å²) in [5, 5.41) is 0. The van der Waals surface area contributed by atoms with Crippen LogP contribution in [0.15, 0.2) is 66.7 Å². The van der Waals surface area contributed by atoms with Crippen LogP contribution in [0.1, 0.15) is 13.8 Å². The van der Waals surface area contributed by atoms with Gasteiger partial charge in [-0.25, -0.2) is 4.90 Å². The van der Waals surface area contributed by atoms with Crippen molar-refractivity contribution in [3.63, 3.8) is 0 Å². The van der Waals surface area contributed by atoms with E-state index in [0.29, 0.717) is 5.69 Å². The molecule has 33 heavy (non-hydrogen) atoms. The lowest BCUT2D eigenvalue weighted by molar-refractivity contribution is -0.226. The van der Waals surface area contributed by atoms with Crippen LogP contribution in [0.5, 0.6) is 0 Å². The van der Waals surface area contributed by atoms with E-state index in [9.17, 15) is 19.2 Å². The first-order chi connectivity index (χ1) is 15.8. The Morgan fingerprint density at radius 1 is 0.909 bits per heavy atom. The molecule has 2 bridgehead atoms. The second-order valence-corrected chi connectivity index (χ2v) is 8.27. The second kappa shape index (κ2) is 7.67. The van der Waals surface area contributed by atoms with Gasteiger partial charge in [0.2, 0.25) is 11.8 Å². The first-order valence-corrected chi connectivity index (χ1v) is 10.6. The molecule has 2 aromatic carbocycles. The lowest BCUT2D eigenvalue weighted by atomic mass is 9.76.